The Bertz CT molecular complexity index is 296. The van der Waals surface area contributed by atoms with E-state index in [9.17, 15) is 35.5 Å². The molecule has 0 aliphatic rings. The van der Waals surface area contributed by atoms with Crippen LogP contribution >= 0.6 is 11.8 Å². The Morgan fingerprint density at radius 2 is 1.63 bits per heavy atom. The van der Waals surface area contributed by atoms with Gasteiger partial charge in [0.1, 0.15) is 0 Å². The first kappa shape index (κ1) is 18.5. The number of hydrogen-bond donors (Lipinski definition) is 0. The van der Waals surface area contributed by atoms with Gasteiger partial charge in [0.2, 0.25) is 0 Å². The summed E-state index contributed by atoms with van der Waals surface area (Å²) in [4.78, 5) is 10.8. The number of hydrogen-bond acceptors (Lipinski definition) is 2. The first-order chi connectivity index (χ1) is 8.57. The molecule has 19 heavy (non-hydrogen) atoms. The van der Waals surface area contributed by atoms with E-state index < -0.39 is 30.9 Å². The molecule has 0 aliphatic carbocycles. The van der Waals surface area contributed by atoms with Gasteiger partial charge in [0, 0.05) is 12.2 Å². The van der Waals surface area contributed by atoms with Gasteiger partial charge >= 0.3 is 18.3 Å². The van der Waals surface area contributed by atoms with Gasteiger partial charge in [0.25, 0.3) is 0 Å². The summed E-state index contributed by atoms with van der Waals surface area (Å²) in [6, 6.07) is 0. The van der Waals surface area contributed by atoms with Crippen LogP contribution in [-0.2, 0) is 4.79 Å². The van der Waals surface area contributed by atoms with Crippen molar-refractivity contribution in [2.75, 3.05) is 5.75 Å². The second kappa shape index (κ2) is 7.35. The van der Waals surface area contributed by atoms with Crippen LogP contribution in [0.5, 0.6) is 0 Å². The molecular weight excluding hydrogens is 301 g/mol. The van der Waals surface area contributed by atoms with E-state index in [4.69, 9.17) is 0 Å². The quantitative estimate of drug-likeness (QED) is 0.490. The van der Waals surface area contributed by atoms with Gasteiger partial charge in [-0.2, -0.15) is 17.6 Å². The molecule has 9 heteroatoms. The molecular formula is C10H13F7OS. The van der Waals surface area contributed by atoms with Gasteiger partial charge < -0.3 is 0 Å². The minimum absolute atomic E-state index is 0.0244. The average Bonchev–Trinajstić information content (AvgIpc) is 2.33. The summed E-state index contributed by atoms with van der Waals surface area (Å²) in [7, 11) is 0. The third kappa shape index (κ3) is 4.85. The van der Waals surface area contributed by atoms with Crippen LogP contribution in [0, 0.1) is 0 Å². The fraction of sp³-hybridized carbons (Fsp3) is 0.900. The highest BCUT2D eigenvalue weighted by atomic mass is 32.2. The number of alkyl halides is 7. The van der Waals surface area contributed by atoms with Gasteiger partial charge in [-0.3, -0.25) is 4.79 Å². The molecule has 0 N–H and O–H groups in total. The van der Waals surface area contributed by atoms with Crippen molar-refractivity contribution in [3.05, 3.63) is 0 Å². The van der Waals surface area contributed by atoms with E-state index >= 15 is 0 Å². The lowest BCUT2D eigenvalue weighted by atomic mass is 10.0. The summed E-state index contributed by atoms with van der Waals surface area (Å²) in [5.41, 5.74) is 0. The Morgan fingerprint density at radius 1 is 1.11 bits per heavy atom. The SMILES string of the molecule is CCC(=O)SCCCC(F)C(F)(F)C(F)(F)C(F)F. The number of thioether (sulfide) groups is 1. The molecule has 0 heterocycles. The molecule has 0 radical (unpaired) electrons. The van der Waals surface area contributed by atoms with E-state index in [1.54, 1.807) is 6.92 Å². The normalized spacial score (nSPS) is 14.8. The Balaban J connectivity index is 4.33. The molecule has 0 fully saturated rings. The summed E-state index contributed by atoms with van der Waals surface area (Å²) in [6.07, 6.45) is -9.12. The predicted octanol–water partition coefficient (Wildman–Crippen LogP) is 4.31. The summed E-state index contributed by atoms with van der Waals surface area (Å²) in [6.45, 7) is 1.56. The van der Waals surface area contributed by atoms with Crippen molar-refractivity contribution in [1.29, 1.82) is 0 Å². The minimum Gasteiger partial charge on any atom is -0.287 e. The Labute approximate surface area is 109 Å². The molecule has 0 bridgehead atoms. The monoisotopic (exact) mass is 314 g/mol. The van der Waals surface area contributed by atoms with Crippen LogP contribution in [0.25, 0.3) is 0 Å². The number of rotatable bonds is 8. The zero-order valence-electron chi connectivity index (χ0n) is 9.95. The second-order valence-electron chi connectivity index (χ2n) is 3.73. The van der Waals surface area contributed by atoms with Crippen molar-refractivity contribution >= 4 is 16.9 Å². The van der Waals surface area contributed by atoms with E-state index in [-0.39, 0.29) is 23.7 Å². The lowest BCUT2D eigenvalue weighted by Crippen LogP contribution is -2.52. The average molecular weight is 314 g/mol. The van der Waals surface area contributed by atoms with Crippen LogP contribution in [-0.4, -0.2) is 35.3 Å². The topological polar surface area (TPSA) is 17.1 Å². The molecule has 0 rings (SSSR count). The Morgan fingerprint density at radius 3 is 2.05 bits per heavy atom. The summed E-state index contributed by atoms with van der Waals surface area (Å²) in [5.74, 6) is -11.2. The molecule has 0 aliphatic heterocycles. The molecule has 114 valence electrons. The van der Waals surface area contributed by atoms with Gasteiger partial charge in [-0.05, 0) is 12.8 Å². The summed E-state index contributed by atoms with van der Waals surface area (Å²) in [5, 5.41) is -0.250. The van der Waals surface area contributed by atoms with Crippen LogP contribution in [0.15, 0.2) is 0 Å². The lowest BCUT2D eigenvalue weighted by molar-refractivity contribution is -0.285. The Kier molecular flexibility index (Phi) is 7.17. The molecule has 1 unspecified atom stereocenters. The summed E-state index contributed by atoms with van der Waals surface area (Å²) >= 11 is 0.757. The van der Waals surface area contributed by atoms with Crippen LogP contribution in [0.3, 0.4) is 0 Å². The van der Waals surface area contributed by atoms with Crippen LogP contribution in [0.1, 0.15) is 26.2 Å². The predicted molar refractivity (Wildman–Crippen MR) is 57.8 cm³/mol. The third-order valence-corrected chi connectivity index (χ3v) is 3.37. The maximum Gasteiger partial charge on any atom is 0.372 e. The van der Waals surface area contributed by atoms with Crippen LogP contribution in [0.4, 0.5) is 30.7 Å². The van der Waals surface area contributed by atoms with Crippen LogP contribution in [0.2, 0.25) is 0 Å². The molecule has 0 aromatic heterocycles. The van der Waals surface area contributed by atoms with Crippen molar-refractivity contribution in [3.63, 3.8) is 0 Å². The van der Waals surface area contributed by atoms with Gasteiger partial charge in [-0.25, -0.2) is 13.2 Å². The first-order valence-corrected chi connectivity index (χ1v) is 6.39. The fourth-order valence-corrected chi connectivity index (χ4v) is 1.83. The van der Waals surface area contributed by atoms with E-state index in [1.165, 1.54) is 0 Å². The molecule has 1 atom stereocenters. The number of carbonyl (C=O) groups excluding carboxylic acids is 1. The zero-order chi connectivity index (χ0) is 15.3. The smallest absolute Gasteiger partial charge is 0.287 e. The van der Waals surface area contributed by atoms with Gasteiger partial charge in [-0.1, -0.05) is 18.7 Å². The molecule has 0 saturated carbocycles. The molecule has 0 spiro atoms. The molecule has 0 amide bonds. The van der Waals surface area contributed by atoms with Crippen molar-refractivity contribution < 1.29 is 35.5 Å². The van der Waals surface area contributed by atoms with Crippen molar-refractivity contribution in [2.24, 2.45) is 0 Å². The van der Waals surface area contributed by atoms with Crippen molar-refractivity contribution in [1.82, 2.24) is 0 Å². The lowest BCUT2D eigenvalue weighted by Gasteiger charge is -2.28. The highest BCUT2D eigenvalue weighted by Gasteiger charge is 2.66. The maximum atomic E-state index is 13.0. The third-order valence-electron chi connectivity index (χ3n) is 2.27. The highest BCUT2D eigenvalue weighted by Crippen LogP contribution is 2.43. The van der Waals surface area contributed by atoms with Gasteiger partial charge in [0.15, 0.2) is 11.3 Å². The molecule has 0 aromatic carbocycles. The fourth-order valence-electron chi connectivity index (χ4n) is 1.09. The second-order valence-corrected chi connectivity index (χ2v) is 4.88. The van der Waals surface area contributed by atoms with Crippen LogP contribution < -0.4 is 0 Å². The van der Waals surface area contributed by atoms with Gasteiger partial charge in [-0.15, -0.1) is 0 Å². The van der Waals surface area contributed by atoms with Crippen molar-refractivity contribution in [3.8, 4) is 0 Å². The van der Waals surface area contributed by atoms with Gasteiger partial charge in [0.05, 0.1) is 0 Å². The molecule has 0 aromatic rings. The van der Waals surface area contributed by atoms with E-state index in [2.05, 4.69) is 0 Å². The van der Waals surface area contributed by atoms with E-state index in [1.807, 2.05) is 0 Å². The number of carbonyl (C=O) groups is 1. The summed E-state index contributed by atoms with van der Waals surface area (Å²) < 4.78 is 87.1. The standard InChI is InChI=1S/C10H13F7OS/c1-2-7(18)19-5-3-4-6(11)9(14,15)10(16,17)8(12)13/h6,8H,2-5H2,1H3. The molecule has 0 saturated heterocycles. The van der Waals surface area contributed by atoms with E-state index in [0.717, 1.165) is 11.8 Å². The maximum absolute atomic E-state index is 13.0. The van der Waals surface area contributed by atoms with Crippen molar-refractivity contribution in [2.45, 2.75) is 50.6 Å². The van der Waals surface area contributed by atoms with E-state index in [0.29, 0.717) is 0 Å². The Hall–Kier alpha value is -0.470. The molecule has 1 nitrogen and oxygen atoms in total. The minimum atomic E-state index is -5.71. The number of halogens is 7. The largest absolute Gasteiger partial charge is 0.372 e. The highest BCUT2D eigenvalue weighted by molar-refractivity contribution is 8.13. The zero-order valence-corrected chi connectivity index (χ0v) is 10.8. The first-order valence-electron chi connectivity index (χ1n) is 5.40.